The third-order valence-corrected chi connectivity index (χ3v) is 2.85. The van der Waals surface area contributed by atoms with Crippen LogP contribution in [-0.4, -0.2) is 24.0 Å². The molecule has 5 heteroatoms. The fraction of sp³-hybridized carbons (Fsp3) is 0.769. The lowest BCUT2D eigenvalue weighted by Crippen LogP contribution is -2.46. The third-order valence-electron chi connectivity index (χ3n) is 2.85. The van der Waals surface area contributed by atoms with E-state index in [4.69, 9.17) is 4.74 Å². The molecule has 0 spiro atoms. The van der Waals surface area contributed by atoms with Gasteiger partial charge in [-0.25, -0.2) is 0 Å². The minimum absolute atomic E-state index is 0.225. The van der Waals surface area contributed by atoms with Crippen molar-refractivity contribution in [1.29, 1.82) is 0 Å². The number of carbonyl (C=O) groups excluding carboxylic acids is 3. The molecule has 104 valence electrons. The lowest BCUT2D eigenvalue weighted by atomic mass is 9.75. The van der Waals surface area contributed by atoms with Crippen LogP contribution in [0.1, 0.15) is 48.0 Å². The van der Waals surface area contributed by atoms with Crippen LogP contribution in [0.15, 0.2) is 0 Å². The molecule has 0 aromatic heterocycles. The Morgan fingerprint density at radius 2 is 1.56 bits per heavy atom. The zero-order valence-corrected chi connectivity index (χ0v) is 11.9. The van der Waals surface area contributed by atoms with E-state index in [1.807, 2.05) is 0 Å². The Morgan fingerprint density at radius 1 is 1.06 bits per heavy atom. The molecular weight excluding hydrogens is 236 g/mol. The average Bonchev–Trinajstić information content (AvgIpc) is 2.15. The quantitative estimate of drug-likeness (QED) is 0.557. The van der Waals surface area contributed by atoms with Gasteiger partial charge >= 0.3 is 17.9 Å². The summed E-state index contributed by atoms with van der Waals surface area (Å²) in [5.74, 6) is -2.52. The molecule has 0 aliphatic heterocycles. The summed E-state index contributed by atoms with van der Waals surface area (Å²) in [5, 5.41) is 0. The first-order valence-electron chi connectivity index (χ1n) is 6.12. The predicted octanol–water partition coefficient (Wildman–Crippen LogP) is 2.08. The molecule has 0 amide bonds. The Balaban J connectivity index is 5.34. The van der Waals surface area contributed by atoms with Crippen molar-refractivity contribution in [2.75, 3.05) is 0 Å². The Morgan fingerprint density at radius 3 is 1.83 bits per heavy atom. The second kappa shape index (κ2) is 6.52. The molecule has 18 heavy (non-hydrogen) atoms. The van der Waals surface area contributed by atoms with Crippen molar-refractivity contribution in [2.24, 2.45) is 11.3 Å². The fourth-order valence-electron chi connectivity index (χ4n) is 1.79. The summed E-state index contributed by atoms with van der Waals surface area (Å²) in [6, 6.07) is 0. The number of hydrogen-bond donors (Lipinski definition) is 0. The number of hydrogen-bond acceptors (Lipinski definition) is 5. The van der Waals surface area contributed by atoms with Crippen LogP contribution in [0.4, 0.5) is 0 Å². The highest BCUT2D eigenvalue weighted by Gasteiger charge is 2.51. The third kappa shape index (κ3) is 3.55. The molecule has 0 aromatic carbocycles. The normalized spacial score (nSPS) is 14.2. The Kier molecular flexibility index (Phi) is 6.01. The minimum atomic E-state index is -1.42. The zero-order chi connectivity index (χ0) is 14.5. The number of carbonyl (C=O) groups is 3. The maximum absolute atomic E-state index is 12.1. The summed E-state index contributed by atoms with van der Waals surface area (Å²) in [5.41, 5.74) is -1.42. The molecule has 0 aromatic rings. The maximum atomic E-state index is 12.1. The van der Waals surface area contributed by atoms with Gasteiger partial charge in [-0.1, -0.05) is 20.8 Å². The monoisotopic (exact) mass is 258 g/mol. The topological polar surface area (TPSA) is 69.7 Å². The van der Waals surface area contributed by atoms with E-state index in [1.54, 1.807) is 34.6 Å². The molecule has 0 rings (SSSR count). The van der Waals surface area contributed by atoms with E-state index in [2.05, 4.69) is 4.74 Å². The molecule has 0 aliphatic rings. The van der Waals surface area contributed by atoms with E-state index in [-0.39, 0.29) is 18.4 Å². The SMILES string of the molecule is CC[C@@](C(=O)OC(C)=O)(C(=O)OC(C)C)C(C)C. The van der Waals surface area contributed by atoms with E-state index >= 15 is 0 Å². The maximum Gasteiger partial charge on any atom is 0.331 e. The number of esters is 3. The van der Waals surface area contributed by atoms with Gasteiger partial charge < -0.3 is 9.47 Å². The Hall–Kier alpha value is -1.39. The molecule has 0 unspecified atom stereocenters. The van der Waals surface area contributed by atoms with Crippen LogP contribution in [0.3, 0.4) is 0 Å². The molecule has 0 saturated carbocycles. The molecule has 5 nitrogen and oxygen atoms in total. The average molecular weight is 258 g/mol. The second-order valence-corrected chi connectivity index (χ2v) is 4.81. The summed E-state index contributed by atoms with van der Waals surface area (Å²) in [7, 11) is 0. The van der Waals surface area contributed by atoms with Gasteiger partial charge in [-0.3, -0.25) is 14.4 Å². The van der Waals surface area contributed by atoms with Gasteiger partial charge in [-0.2, -0.15) is 0 Å². The Bertz CT molecular complexity index is 332. The highest BCUT2D eigenvalue weighted by molar-refractivity contribution is 6.03. The minimum Gasteiger partial charge on any atom is -0.462 e. The van der Waals surface area contributed by atoms with E-state index in [0.29, 0.717) is 0 Å². The van der Waals surface area contributed by atoms with E-state index in [9.17, 15) is 14.4 Å². The summed E-state index contributed by atoms with van der Waals surface area (Å²) in [4.78, 5) is 35.1. The predicted molar refractivity (Wildman–Crippen MR) is 65.6 cm³/mol. The molecule has 0 aliphatic carbocycles. The van der Waals surface area contributed by atoms with Crippen LogP contribution >= 0.6 is 0 Å². The molecular formula is C13H22O5. The molecule has 0 N–H and O–H groups in total. The van der Waals surface area contributed by atoms with Crippen molar-refractivity contribution in [3.8, 4) is 0 Å². The standard InChI is InChI=1S/C13H22O5/c1-7-13(8(2)3,11(15)17-9(4)5)12(16)18-10(6)14/h8-9H,7H2,1-6H3/t13-/m0/s1. The molecule has 0 bridgehead atoms. The lowest BCUT2D eigenvalue weighted by molar-refractivity contribution is -0.181. The summed E-state index contributed by atoms with van der Waals surface area (Å²) < 4.78 is 9.71. The second-order valence-electron chi connectivity index (χ2n) is 4.81. The first kappa shape index (κ1) is 16.6. The van der Waals surface area contributed by atoms with Crippen molar-refractivity contribution in [3.05, 3.63) is 0 Å². The zero-order valence-electron chi connectivity index (χ0n) is 11.9. The fourth-order valence-corrected chi connectivity index (χ4v) is 1.79. The molecule has 0 heterocycles. The van der Waals surface area contributed by atoms with Crippen LogP contribution in [0, 0.1) is 11.3 Å². The number of ether oxygens (including phenoxy) is 2. The van der Waals surface area contributed by atoms with Crippen molar-refractivity contribution in [1.82, 2.24) is 0 Å². The van der Waals surface area contributed by atoms with Gasteiger partial charge in [0.15, 0.2) is 5.41 Å². The van der Waals surface area contributed by atoms with E-state index in [0.717, 1.165) is 6.92 Å². The highest BCUT2D eigenvalue weighted by atomic mass is 16.6. The lowest BCUT2D eigenvalue weighted by Gasteiger charge is -2.31. The first-order chi connectivity index (χ1) is 8.18. The summed E-state index contributed by atoms with van der Waals surface area (Å²) in [6.07, 6.45) is -0.102. The van der Waals surface area contributed by atoms with Crippen LogP contribution in [0.5, 0.6) is 0 Å². The van der Waals surface area contributed by atoms with Gasteiger partial charge in [0.2, 0.25) is 0 Å². The largest absolute Gasteiger partial charge is 0.462 e. The van der Waals surface area contributed by atoms with E-state index in [1.165, 1.54) is 0 Å². The van der Waals surface area contributed by atoms with Crippen LogP contribution < -0.4 is 0 Å². The van der Waals surface area contributed by atoms with Gasteiger partial charge in [0, 0.05) is 6.92 Å². The van der Waals surface area contributed by atoms with Crippen molar-refractivity contribution < 1.29 is 23.9 Å². The van der Waals surface area contributed by atoms with Gasteiger partial charge in [-0.15, -0.1) is 0 Å². The molecule has 0 radical (unpaired) electrons. The van der Waals surface area contributed by atoms with Crippen LogP contribution in [-0.2, 0) is 23.9 Å². The summed E-state index contributed by atoms with van der Waals surface area (Å²) >= 11 is 0. The van der Waals surface area contributed by atoms with Gasteiger partial charge in [-0.05, 0) is 26.2 Å². The van der Waals surface area contributed by atoms with Crippen molar-refractivity contribution >= 4 is 17.9 Å². The first-order valence-corrected chi connectivity index (χ1v) is 6.12. The van der Waals surface area contributed by atoms with Crippen LogP contribution in [0.25, 0.3) is 0 Å². The molecule has 1 atom stereocenters. The Labute approximate surface area is 108 Å². The smallest absolute Gasteiger partial charge is 0.331 e. The molecule has 0 saturated heterocycles. The van der Waals surface area contributed by atoms with Gasteiger partial charge in [0.1, 0.15) is 0 Å². The van der Waals surface area contributed by atoms with Crippen molar-refractivity contribution in [3.63, 3.8) is 0 Å². The van der Waals surface area contributed by atoms with E-state index < -0.39 is 23.3 Å². The number of rotatable bonds is 5. The van der Waals surface area contributed by atoms with Gasteiger partial charge in [0.05, 0.1) is 6.10 Å². The van der Waals surface area contributed by atoms with Crippen LogP contribution in [0.2, 0.25) is 0 Å². The summed E-state index contributed by atoms with van der Waals surface area (Å²) in [6.45, 7) is 9.69. The highest BCUT2D eigenvalue weighted by Crippen LogP contribution is 2.35. The van der Waals surface area contributed by atoms with Crippen molar-refractivity contribution in [2.45, 2.75) is 54.1 Å². The molecule has 0 fully saturated rings. The van der Waals surface area contributed by atoms with Gasteiger partial charge in [0.25, 0.3) is 0 Å².